The Kier molecular flexibility index (Phi) is 3.88. The van der Waals surface area contributed by atoms with E-state index in [4.69, 9.17) is 9.47 Å². The first-order chi connectivity index (χ1) is 10.6. The standard InChI is InChI=1S/C14H15N3O5/c18-7-13-8-21-14(22-13,9-16-6-5-15-10-16)11-1-3-12(4-2-11)17(19)20/h1-6,10,13,18H,7-9H2. The van der Waals surface area contributed by atoms with Gasteiger partial charge in [-0.3, -0.25) is 10.1 Å². The van der Waals surface area contributed by atoms with Gasteiger partial charge < -0.3 is 19.1 Å². The highest BCUT2D eigenvalue weighted by atomic mass is 16.7. The van der Waals surface area contributed by atoms with E-state index in [1.165, 1.54) is 12.1 Å². The summed E-state index contributed by atoms with van der Waals surface area (Å²) < 4.78 is 13.5. The number of imidazole rings is 1. The van der Waals surface area contributed by atoms with Crippen molar-refractivity contribution in [3.8, 4) is 0 Å². The molecule has 2 heterocycles. The summed E-state index contributed by atoms with van der Waals surface area (Å²) >= 11 is 0. The zero-order valence-corrected chi connectivity index (χ0v) is 11.7. The van der Waals surface area contributed by atoms with Gasteiger partial charge in [-0.05, 0) is 12.1 Å². The van der Waals surface area contributed by atoms with E-state index in [-0.39, 0.29) is 18.9 Å². The van der Waals surface area contributed by atoms with E-state index in [0.29, 0.717) is 12.1 Å². The van der Waals surface area contributed by atoms with Crippen molar-refractivity contribution in [1.82, 2.24) is 9.55 Å². The lowest BCUT2D eigenvalue weighted by Gasteiger charge is -2.28. The van der Waals surface area contributed by atoms with Gasteiger partial charge in [0.2, 0.25) is 5.79 Å². The van der Waals surface area contributed by atoms with Gasteiger partial charge in [0.1, 0.15) is 6.10 Å². The van der Waals surface area contributed by atoms with Crippen molar-refractivity contribution in [1.29, 1.82) is 0 Å². The van der Waals surface area contributed by atoms with Gasteiger partial charge >= 0.3 is 0 Å². The molecule has 0 bridgehead atoms. The lowest BCUT2D eigenvalue weighted by Crippen LogP contribution is -2.33. The largest absolute Gasteiger partial charge is 0.394 e. The summed E-state index contributed by atoms with van der Waals surface area (Å²) in [6.07, 6.45) is 4.61. The molecule has 116 valence electrons. The number of aliphatic hydroxyl groups is 1. The van der Waals surface area contributed by atoms with E-state index >= 15 is 0 Å². The zero-order chi connectivity index (χ0) is 15.6. The molecule has 0 aliphatic carbocycles. The smallest absolute Gasteiger partial charge is 0.269 e. The van der Waals surface area contributed by atoms with Crippen LogP contribution < -0.4 is 0 Å². The van der Waals surface area contributed by atoms with Gasteiger partial charge in [0.25, 0.3) is 5.69 Å². The van der Waals surface area contributed by atoms with Crippen LogP contribution in [-0.2, 0) is 21.8 Å². The molecule has 0 amide bonds. The molecule has 1 aliphatic heterocycles. The number of aromatic nitrogens is 2. The Labute approximate surface area is 126 Å². The maximum Gasteiger partial charge on any atom is 0.269 e. The van der Waals surface area contributed by atoms with E-state index < -0.39 is 16.8 Å². The number of ether oxygens (including phenoxy) is 2. The third kappa shape index (κ3) is 2.71. The third-order valence-corrected chi connectivity index (χ3v) is 3.53. The molecule has 2 atom stereocenters. The third-order valence-electron chi connectivity index (χ3n) is 3.53. The molecule has 2 aromatic rings. The van der Waals surface area contributed by atoms with Gasteiger partial charge in [0, 0.05) is 30.1 Å². The number of aliphatic hydroxyl groups excluding tert-OH is 1. The lowest BCUT2D eigenvalue weighted by molar-refractivity contribution is -0.384. The summed E-state index contributed by atoms with van der Waals surface area (Å²) in [7, 11) is 0. The maximum atomic E-state index is 10.8. The first-order valence-corrected chi connectivity index (χ1v) is 6.76. The van der Waals surface area contributed by atoms with Crippen LogP contribution in [0.3, 0.4) is 0 Å². The van der Waals surface area contributed by atoms with Crippen LogP contribution in [0.25, 0.3) is 0 Å². The number of benzene rings is 1. The van der Waals surface area contributed by atoms with Crippen molar-refractivity contribution < 1.29 is 19.5 Å². The SMILES string of the molecule is O=[N+]([O-])c1ccc(C2(Cn3ccnc3)OCC(CO)O2)cc1. The molecule has 8 heteroatoms. The van der Waals surface area contributed by atoms with Crippen molar-refractivity contribution in [2.24, 2.45) is 0 Å². The predicted molar refractivity (Wildman–Crippen MR) is 74.9 cm³/mol. The summed E-state index contributed by atoms with van der Waals surface area (Å²) in [5.74, 6) is -1.09. The summed E-state index contributed by atoms with van der Waals surface area (Å²) in [6, 6.07) is 6.03. The highest BCUT2D eigenvalue weighted by Gasteiger charge is 2.43. The first kappa shape index (κ1) is 14.6. The molecule has 2 unspecified atom stereocenters. The summed E-state index contributed by atoms with van der Waals surface area (Å²) in [4.78, 5) is 14.3. The minimum Gasteiger partial charge on any atom is -0.394 e. The molecule has 0 saturated carbocycles. The van der Waals surface area contributed by atoms with E-state index in [2.05, 4.69) is 4.98 Å². The Hall–Kier alpha value is -2.29. The fourth-order valence-corrected chi connectivity index (χ4v) is 2.44. The van der Waals surface area contributed by atoms with Crippen molar-refractivity contribution >= 4 is 5.69 Å². The number of nitro benzene ring substituents is 1. The Bertz CT molecular complexity index is 643. The van der Waals surface area contributed by atoms with E-state index in [9.17, 15) is 15.2 Å². The Morgan fingerprint density at radius 1 is 1.45 bits per heavy atom. The Balaban J connectivity index is 1.93. The van der Waals surface area contributed by atoms with Crippen molar-refractivity contribution in [3.63, 3.8) is 0 Å². The number of hydrogen-bond donors (Lipinski definition) is 1. The molecule has 1 aromatic carbocycles. The topological polar surface area (TPSA) is 99.7 Å². The van der Waals surface area contributed by atoms with Gasteiger partial charge in [-0.1, -0.05) is 0 Å². The summed E-state index contributed by atoms with van der Waals surface area (Å²) in [6.45, 7) is 0.433. The molecule has 1 saturated heterocycles. The molecular formula is C14H15N3O5. The molecule has 1 aromatic heterocycles. The van der Waals surface area contributed by atoms with Crippen molar-refractivity contribution in [2.75, 3.05) is 13.2 Å². The van der Waals surface area contributed by atoms with Crippen LogP contribution in [0.15, 0.2) is 43.0 Å². The number of rotatable bonds is 5. The van der Waals surface area contributed by atoms with Gasteiger partial charge in [0.05, 0.1) is 31.0 Å². The molecule has 1 N–H and O–H groups in total. The minimum atomic E-state index is -1.09. The summed E-state index contributed by atoms with van der Waals surface area (Å²) in [5.41, 5.74) is 0.654. The highest BCUT2D eigenvalue weighted by molar-refractivity contribution is 5.35. The van der Waals surface area contributed by atoms with Gasteiger partial charge in [-0.15, -0.1) is 0 Å². The monoisotopic (exact) mass is 305 g/mol. The number of nitrogens with zero attached hydrogens (tertiary/aromatic N) is 3. The van der Waals surface area contributed by atoms with E-state index in [1.54, 1.807) is 35.4 Å². The molecule has 0 radical (unpaired) electrons. The van der Waals surface area contributed by atoms with Crippen molar-refractivity contribution in [3.05, 3.63) is 58.7 Å². The van der Waals surface area contributed by atoms with Gasteiger partial charge in [-0.25, -0.2) is 4.98 Å². The van der Waals surface area contributed by atoms with Crippen LogP contribution in [0.2, 0.25) is 0 Å². The Morgan fingerprint density at radius 3 is 2.77 bits per heavy atom. The van der Waals surface area contributed by atoms with Crippen LogP contribution in [0.1, 0.15) is 5.56 Å². The Morgan fingerprint density at radius 2 is 2.23 bits per heavy atom. The van der Waals surface area contributed by atoms with Gasteiger partial charge in [0.15, 0.2) is 0 Å². The second-order valence-corrected chi connectivity index (χ2v) is 5.03. The molecule has 0 spiro atoms. The summed E-state index contributed by atoms with van der Waals surface area (Å²) in [5, 5.41) is 20.0. The average molecular weight is 305 g/mol. The fourth-order valence-electron chi connectivity index (χ4n) is 2.44. The number of non-ortho nitro benzene ring substituents is 1. The van der Waals surface area contributed by atoms with Crippen molar-refractivity contribution in [2.45, 2.75) is 18.4 Å². The first-order valence-electron chi connectivity index (χ1n) is 6.76. The maximum absolute atomic E-state index is 10.8. The van der Waals surface area contributed by atoms with Crippen LogP contribution in [-0.4, -0.2) is 38.9 Å². The quantitative estimate of drug-likeness (QED) is 0.654. The predicted octanol–water partition coefficient (Wildman–Crippen LogP) is 1.05. The molecule has 3 rings (SSSR count). The number of nitro groups is 1. The average Bonchev–Trinajstić information content (AvgIpc) is 3.18. The molecule has 22 heavy (non-hydrogen) atoms. The molecular weight excluding hydrogens is 290 g/mol. The normalized spacial score (nSPS) is 24.5. The van der Waals surface area contributed by atoms with E-state index in [0.717, 1.165) is 0 Å². The fraction of sp³-hybridized carbons (Fsp3) is 0.357. The molecule has 1 fully saturated rings. The van der Waals surface area contributed by atoms with Crippen LogP contribution >= 0.6 is 0 Å². The molecule has 8 nitrogen and oxygen atoms in total. The zero-order valence-electron chi connectivity index (χ0n) is 11.7. The van der Waals surface area contributed by atoms with Crippen LogP contribution in [0, 0.1) is 10.1 Å². The second kappa shape index (κ2) is 5.84. The lowest BCUT2D eigenvalue weighted by atomic mass is 10.1. The minimum absolute atomic E-state index is 0.00163. The van der Waals surface area contributed by atoms with E-state index in [1.807, 2.05) is 0 Å². The number of hydrogen-bond acceptors (Lipinski definition) is 6. The highest BCUT2D eigenvalue weighted by Crippen LogP contribution is 2.36. The second-order valence-electron chi connectivity index (χ2n) is 5.03. The van der Waals surface area contributed by atoms with Crippen LogP contribution in [0.4, 0.5) is 5.69 Å². The van der Waals surface area contributed by atoms with Gasteiger partial charge in [-0.2, -0.15) is 0 Å². The molecule has 1 aliphatic rings. The van der Waals surface area contributed by atoms with Crippen LogP contribution in [0.5, 0.6) is 0 Å².